The zero-order chi connectivity index (χ0) is 15.6. The molecule has 2 aromatic heterocycles. The first-order chi connectivity index (χ1) is 10.5. The maximum atomic E-state index is 11.5. The van der Waals surface area contributed by atoms with Crippen molar-refractivity contribution < 1.29 is 8.42 Å². The molecule has 0 amide bonds. The Kier molecular flexibility index (Phi) is 4.06. The Balaban J connectivity index is 1.73. The lowest BCUT2D eigenvalue weighted by molar-refractivity contribution is 0.595. The van der Waals surface area contributed by atoms with Gasteiger partial charge in [0, 0.05) is 36.3 Å². The third kappa shape index (κ3) is 3.59. The summed E-state index contributed by atoms with van der Waals surface area (Å²) in [6.07, 6.45) is 4.15. The van der Waals surface area contributed by atoms with Gasteiger partial charge in [-0.05, 0) is 31.4 Å². The Labute approximate surface area is 130 Å². The van der Waals surface area contributed by atoms with Crippen molar-refractivity contribution in [1.82, 2.24) is 15.0 Å². The number of aromatic nitrogens is 3. The topological polar surface area (TPSA) is 84.8 Å². The second-order valence-electron chi connectivity index (χ2n) is 5.61. The van der Waals surface area contributed by atoms with Gasteiger partial charge in [0.25, 0.3) is 0 Å². The molecule has 0 aromatic carbocycles. The second kappa shape index (κ2) is 6.00. The minimum absolute atomic E-state index is 0.155. The third-order valence-electron chi connectivity index (χ3n) is 3.67. The maximum absolute atomic E-state index is 11.5. The summed E-state index contributed by atoms with van der Waals surface area (Å²) in [6.45, 7) is 2.52. The molecule has 0 bridgehead atoms. The van der Waals surface area contributed by atoms with Crippen LogP contribution in [-0.2, 0) is 9.84 Å². The molecule has 0 radical (unpaired) electrons. The summed E-state index contributed by atoms with van der Waals surface area (Å²) >= 11 is 0. The Morgan fingerprint density at radius 3 is 2.91 bits per heavy atom. The molecule has 22 heavy (non-hydrogen) atoms. The van der Waals surface area contributed by atoms with Crippen molar-refractivity contribution in [3.63, 3.8) is 0 Å². The number of hydrogen-bond donors (Lipinski definition) is 1. The van der Waals surface area contributed by atoms with Crippen molar-refractivity contribution in [2.75, 3.05) is 23.4 Å². The molecule has 3 heterocycles. The van der Waals surface area contributed by atoms with Gasteiger partial charge in [0.1, 0.15) is 5.82 Å². The van der Waals surface area contributed by atoms with Gasteiger partial charge in [-0.25, -0.2) is 18.4 Å². The van der Waals surface area contributed by atoms with Gasteiger partial charge in [0.15, 0.2) is 15.7 Å². The number of pyridine rings is 1. The van der Waals surface area contributed by atoms with Gasteiger partial charge in [-0.3, -0.25) is 4.98 Å². The number of hydrogen-bond acceptors (Lipinski definition) is 6. The molecule has 1 N–H and O–H groups in total. The van der Waals surface area contributed by atoms with Crippen molar-refractivity contribution in [3.05, 3.63) is 36.3 Å². The first-order valence-corrected chi connectivity index (χ1v) is 9.04. The van der Waals surface area contributed by atoms with E-state index in [9.17, 15) is 8.42 Å². The first kappa shape index (κ1) is 14.9. The smallest absolute Gasteiger partial charge is 0.163 e. The second-order valence-corrected chi connectivity index (χ2v) is 7.84. The molecular weight excluding hydrogens is 300 g/mol. The van der Waals surface area contributed by atoms with Crippen LogP contribution in [0.4, 0.5) is 5.82 Å². The van der Waals surface area contributed by atoms with E-state index in [-0.39, 0.29) is 11.7 Å². The van der Waals surface area contributed by atoms with Crippen molar-refractivity contribution in [2.24, 2.45) is 5.92 Å². The average Bonchev–Trinajstić information content (AvgIpc) is 2.85. The van der Waals surface area contributed by atoms with Gasteiger partial charge in [-0.1, -0.05) is 0 Å². The number of rotatable bonds is 4. The molecule has 1 atom stereocenters. The minimum Gasteiger partial charge on any atom is -0.370 e. The summed E-state index contributed by atoms with van der Waals surface area (Å²) in [5.74, 6) is 2.05. The molecule has 0 spiro atoms. The van der Waals surface area contributed by atoms with Crippen LogP contribution in [0.25, 0.3) is 11.4 Å². The SMILES string of the molecule is Cc1cc(NC[C@H]2CCS(=O)(=O)C2)nc(-c2cccnc2)n1. The fourth-order valence-electron chi connectivity index (χ4n) is 2.57. The molecule has 1 fully saturated rings. The summed E-state index contributed by atoms with van der Waals surface area (Å²) in [5.41, 5.74) is 1.72. The number of nitrogens with zero attached hydrogens (tertiary/aromatic N) is 3. The van der Waals surface area contributed by atoms with E-state index < -0.39 is 9.84 Å². The monoisotopic (exact) mass is 318 g/mol. The van der Waals surface area contributed by atoms with E-state index in [0.717, 1.165) is 23.5 Å². The van der Waals surface area contributed by atoms with E-state index in [2.05, 4.69) is 20.3 Å². The van der Waals surface area contributed by atoms with Crippen LogP contribution in [0.3, 0.4) is 0 Å². The summed E-state index contributed by atoms with van der Waals surface area (Å²) in [6, 6.07) is 5.62. The molecule has 7 heteroatoms. The molecular formula is C15H18N4O2S. The average molecular weight is 318 g/mol. The van der Waals surface area contributed by atoms with Crippen LogP contribution < -0.4 is 5.32 Å². The van der Waals surface area contributed by atoms with Crippen LogP contribution in [0.2, 0.25) is 0 Å². The van der Waals surface area contributed by atoms with Gasteiger partial charge in [0.2, 0.25) is 0 Å². The highest BCUT2D eigenvalue weighted by molar-refractivity contribution is 7.91. The lowest BCUT2D eigenvalue weighted by Gasteiger charge is -2.11. The molecule has 116 valence electrons. The Morgan fingerprint density at radius 1 is 1.36 bits per heavy atom. The molecule has 0 aliphatic carbocycles. The van der Waals surface area contributed by atoms with E-state index in [4.69, 9.17) is 0 Å². The zero-order valence-electron chi connectivity index (χ0n) is 12.4. The van der Waals surface area contributed by atoms with Crippen molar-refractivity contribution >= 4 is 15.7 Å². The lowest BCUT2D eigenvalue weighted by Crippen LogP contribution is -2.16. The fourth-order valence-corrected chi connectivity index (χ4v) is 4.43. The van der Waals surface area contributed by atoms with E-state index in [1.54, 1.807) is 12.4 Å². The normalized spacial score (nSPS) is 20.0. The molecule has 6 nitrogen and oxygen atoms in total. The van der Waals surface area contributed by atoms with Gasteiger partial charge >= 0.3 is 0 Å². The third-order valence-corrected chi connectivity index (χ3v) is 5.51. The summed E-state index contributed by atoms with van der Waals surface area (Å²) in [7, 11) is -2.84. The zero-order valence-corrected chi connectivity index (χ0v) is 13.2. The summed E-state index contributed by atoms with van der Waals surface area (Å²) in [5, 5.41) is 3.24. The molecule has 1 saturated heterocycles. The largest absolute Gasteiger partial charge is 0.370 e. The summed E-state index contributed by atoms with van der Waals surface area (Å²) in [4.78, 5) is 13.0. The Morgan fingerprint density at radius 2 is 2.23 bits per heavy atom. The highest BCUT2D eigenvalue weighted by Gasteiger charge is 2.27. The highest BCUT2D eigenvalue weighted by Crippen LogP contribution is 2.20. The lowest BCUT2D eigenvalue weighted by atomic mass is 10.1. The number of anilines is 1. The van der Waals surface area contributed by atoms with Crippen molar-refractivity contribution in [2.45, 2.75) is 13.3 Å². The first-order valence-electron chi connectivity index (χ1n) is 7.22. The predicted molar refractivity (Wildman–Crippen MR) is 85.3 cm³/mol. The standard InChI is InChI=1S/C15H18N4O2S/c1-11-7-14(17-8-12-4-6-22(20,21)10-12)19-15(18-11)13-3-2-5-16-9-13/h2-3,5,7,9,12H,4,6,8,10H2,1H3,(H,17,18,19)/t12-/m1/s1. The number of sulfone groups is 1. The molecule has 2 aromatic rings. The number of nitrogens with one attached hydrogen (secondary N) is 1. The molecule has 0 unspecified atom stereocenters. The van der Waals surface area contributed by atoms with Gasteiger partial charge in [0.05, 0.1) is 11.5 Å². The van der Waals surface area contributed by atoms with Gasteiger partial charge < -0.3 is 5.32 Å². The fraction of sp³-hybridized carbons (Fsp3) is 0.400. The number of aryl methyl sites for hydroxylation is 1. The highest BCUT2D eigenvalue weighted by atomic mass is 32.2. The summed E-state index contributed by atoms with van der Waals surface area (Å²) < 4.78 is 23.0. The van der Waals surface area contributed by atoms with Crippen LogP contribution in [0.5, 0.6) is 0 Å². The van der Waals surface area contributed by atoms with Crippen molar-refractivity contribution in [3.8, 4) is 11.4 Å². The predicted octanol–water partition coefficient (Wildman–Crippen LogP) is 1.69. The minimum atomic E-state index is -2.84. The van der Waals surface area contributed by atoms with Crippen LogP contribution >= 0.6 is 0 Å². The quantitative estimate of drug-likeness (QED) is 0.923. The van der Waals surface area contributed by atoms with E-state index >= 15 is 0 Å². The maximum Gasteiger partial charge on any atom is 0.163 e. The molecule has 0 saturated carbocycles. The molecule has 1 aliphatic rings. The van der Waals surface area contributed by atoms with Gasteiger partial charge in [-0.2, -0.15) is 0 Å². The Hall–Kier alpha value is -2.02. The molecule has 3 rings (SSSR count). The van der Waals surface area contributed by atoms with Gasteiger partial charge in [-0.15, -0.1) is 0 Å². The van der Waals surface area contributed by atoms with Crippen LogP contribution in [-0.4, -0.2) is 41.4 Å². The molecule has 1 aliphatic heterocycles. The van der Waals surface area contributed by atoms with Crippen molar-refractivity contribution in [1.29, 1.82) is 0 Å². The van der Waals surface area contributed by atoms with Crippen LogP contribution in [0.1, 0.15) is 12.1 Å². The van der Waals surface area contributed by atoms with E-state index in [0.29, 0.717) is 18.1 Å². The van der Waals surface area contributed by atoms with Crippen LogP contribution in [0, 0.1) is 12.8 Å². The van der Waals surface area contributed by atoms with E-state index in [1.807, 2.05) is 25.1 Å². The van der Waals surface area contributed by atoms with E-state index in [1.165, 1.54) is 0 Å². The Bertz CT molecular complexity index is 762. The van der Waals surface area contributed by atoms with Crippen LogP contribution in [0.15, 0.2) is 30.6 Å².